The van der Waals surface area contributed by atoms with Gasteiger partial charge >= 0.3 is 0 Å². The van der Waals surface area contributed by atoms with Crippen LogP contribution in [0.2, 0.25) is 0 Å². The van der Waals surface area contributed by atoms with Crippen LogP contribution in [0.3, 0.4) is 0 Å². The van der Waals surface area contributed by atoms with Crippen LogP contribution in [-0.2, 0) is 4.79 Å². The summed E-state index contributed by atoms with van der Waals surface area (Å²) in [5.41, 5.74) is 0.876. The summed E-state index contributed by atoms with van der Waals surface area (Å²) < 4.78 is 13.5. The smallest absolute Gasteiger partial charge is 0.229 e. The molecule has 0 fully saturated rings. The fraction of sp³-hybridized carbons (Fsp3) is 0.267. The first-order valence-corrected chi connectivity index (χ1v) is 7.73. The second-order valence-electron chi connectivity index (χ2n) is 4.93. The Balaban J connectivity index is 2.03. The Hall–Kier alpha value is -2.35. The standard InChI is InChI=1S/C15H15BrN4O3/c1-3-4-23-14-10(16)5-9(6-12(14)22-2)11-7-13(21)19-15-17-8-18-20(11)15/h3,5-6,8,11H,1,4,7H2,2H3,(H,17,18,19,21)/t11-/m0/s1. The van der Waals surface area contributed by atoms with E-state index in [0.29, 0.717) is 24.1 Å². The molecule has 23 heavy (non-hydrogen) atoms. The van der Waals surface area contributed by atoms with E-state index in [4.69, 9.17) is 9.47 Å². The highest BCUT2D eigenvalue weighted by molar-refractivity contribution is 9.10. The third-order valence-electron chi connectivity index (χ3n) is 3.48. The predicted octanol–water partition coefficient (Wildman–Crippen LogP) is 2.55. The molecular formula is C15H15BrN4O3. The maximum absolute atomic E-state index is 11.9. The van der Waals surface area contributed by atoms with Gasteiger partial charge in [-0.15, -0.1) is 0 Å². The molecular weight excluding hydrogens is 364 g/mol. The van der Waals surface area contributed by atoms with E-state index >= 15 is 0 Å². The third-order valence-corrected chi connectivity index (χ3v) is 4.07. The number of nitrogens with zero attached hydrogens (tertiary/aromatic N) is 3. The van der Waals surface area contributed by atoms with Gasteiger partial charge in [0.15, 0.2) is 11.5 Å². The Morgan fingerprint density at radius 3 is 3.13 bits per heavy atom. The molecule has 120 valence electrons. The molecule has 1 aromatic carbocycles. The molecule has 0 radical (unpaired) electrons. The summed E-state index contributed by atoms with van der Waals surface area (Å²) in [4.78, 5) is 15.9. The van der Waals surface area contributed by atoms with Crippen molar-refractivity contribution in [3.8, 4) is 11.5 Å². The van der Waals surface area contributed by atoms with E-state index < -0.39 is 0 Å². The van der Waals surface area contributed by atoms with Crippen LogP contribution < -0.4 is 14.8 Å². The minimum absolute atomic E-state index is 0.0995. The molecule has 1 atom stereocenters. The molecule has 0 saturated heterocycles. The Kier molecular flexibility index (Phi) is 4.33. The van der Waals surface area contributed by atoms with Crippen molar-refractivity contribution in [1.82, 2.24) is 14.8 Å². The van der Waals surface area contributed by atoms with Gasteiger partial charge in [-0.1, -0.05) is 12.7 Å². The van der Waals surface area contributed by atoms with Crippen LogP contribution in [0.25, 0.3) is 0 Å². The number of fused-ring (bicyclic) bond motifs is 1. The molecule has 7 nitrogen and oxygen atoms in total. The number of carbonyl (C=O) groups is 1. The number of aromatic nitrogens is 3. The lowest BCUT2D eigenvalue weighted by Crippen LogP contribution is -2.29. The number of hydrogen-bond acceptors (Lipinski definition) is 5. The summed E-state index contributed by atoms with van der Waals surface area (Å²) >= 11 is 3.50. The fourth-order valence-corrected chi connectivity index (χ4v) is 3.05. The lowest BCUT2D eigenvalue weighted by molar-refractivity contribution is -0.117. The van der Waals surface area contributed by atoms with Gasteiger partial charge in [0.1, 0.15) is 12.9 Å². The largest absolute Gasteiger partial charge is 0.493 e. The van der Waals surface area contributed by atoms with Crippen LogP contribution in [0.4, 0.5) is 5.95 Å². The minimum Gasteiger partial charge on any atom is -0.493 e. The summed E-state index contributed by atoms with van der Waals surface area (Å²) in [6.45, 7) is 4.00. The average molecular weight is 379 g/mol. The number of benzene rings is 1. The van der Waals surface area contributed by atoms with Crippen molar-refractivity contribution in [2.75, 3.05) is 19.0 Å². The normalized spacial score (nSPS) is 16.4. The van der Waals surface area contributed by atoms with Crippen LogP contribution >= 0.6 is 15.9 Å². The van der Waals surface area contributed by atoms with Crippen molar-refractivity contribution in [3.63, 3.8) is 0 Å². The van der Waals surface area contributed by atoms with Crippen molar-refractivity contribution >= 4 is 27.8 Å². The molecule has 0 saturated carbocycles. The predicted molar refractivity (Wildman–Crippen MR) is 87.8 cm³/mol. The second-order valence-corrected chi connectivity index (χ2v) is 5.78. The van der Waals surface area contributed by atoms with Gasteiger partial charge in [0.25, 0.3) is 0 Å². The third kappa shape index (κ3) is 2.94. The molecule has 2 aromatic rings. The molecule has 0 aliphatic carbocycles. The van der Waals surface area contributed by atoms with Crippen LogP contribution in [0.5, 0.6) is 11.5 Å². The number of halogens is 1. The summed E-state index contributed by atoms with van der Waals surface area (Å²) in [7, 11) is 1.57. The topological polar surface area (TPSA) is 78.3 Å². The van der Waals surface area contributed by atoms with E-state index in [1.807, 2.05) is 12.1 Å². The Bertz CT molecular complexity index is 759. The van der Waals surface area contributed by atoms with E-state index in [0.717, 1.165) is 10.0 Å². The molecule has 1 aliphatic heterocycles. The van der Waals surface area contributed by atoms with Gasteiger partial charge in [-0.25, -0.2) is 4.68 Å². The monoisotopic (exact) mass is 378 g/mol. The van der Waals surface area contributed by atoms with Gasteiger partial charge in [0.2, 0.25) is 11.9 Å². The maximum Gasteiger partial charge on any atom is 0.229 e. The first-order valence-electron chi connectivity index (χ1n) is 6.94. The fourth-order valence-electron chi connectivity index (χ4n) is 2.48. The number of hydrogen-bond donors (Lipinski definition) is 1. The van der Waals surface area contributed by atoms with Crippen molar-refractivity contribution in [1.29, 1.82) is 0 Å². The molecule has 0 bridgehead atoms. The highest BCUT2D eigenvalue weighted by Gasteiger charge is 2.29. The summed E-state index contributed by atoms with van der Waals surface area (Å²) in [5.74, 6) is 1.50. The van der Waals surface area contributed by atoms with E-state index in [2.05, 4.69) is 37.9 Å². The molecule has 8 heteroatoms. The molecule has 1 aliphatic rings. The second kappa shape index (κ2) is 6.41. The lowest BCUT2D eigenvalue weighted by atomic mass is 10.0. The van der Waals surface area contributed by atoms with Gasteiger partial charge in [0, 0.05) is 0 Å². The molecule has 1 N–H and O–H groups in total. The Morgan fingerprint density at radius 1 is 1.57 bits per heavy atom. The number of rotatable bonds is 5. The van der Waals surface area contributed by atoms with E-state index in [1.54, 1.807) is 17.9 Å². The van der Waals surface area contributed by atoms with Gasteiger partial charge in [-0.2, -0.15) is 10.1 Å². The van der Waals surface area contributed by atoms with Crippen molar-refractivity contribution in [2.24, 2.45) is 0 Å². The van der Waals surface area contributed by atoms with Crippen LogP contribution in [-0.4, -0.2) is 34.4 Å². The van der Waals surface area contributed by atoms with Gasteiger partial charge in [0.05, 0.1) is 24.0 Å². The van der Waals surface area contributed by atoms with Crippen LogP contribution in [0.15, 0.2) is 35.6 Å². The number of nitrogens with one attached hydrogen (secondary N) is 1. The van der Waals surface area contributed by atoms with Crippen molar-refractivity contribution in [3.05, 3.63) is 41.2 Å². The zero-order chi connectivity index (χ0) is 16.4. The highest BCUT2D eigenvalue weighted by atomic mass is 79.9. The average Bonchev–Trinajstić information content (AvgIpc) is 3.00. The molecule has 1 aromatic heterocycles. The quantitative estimate of drug-likeness (QED) is 0.808. The van der Waals surface area contributed by atoms with Gasteiger partial charge < -0.3 is 9.47 Å². The molecule has 3 rings (SSSR count). The lowest BCUT2D eigenvalue weighted by Gasteiger charge is -2.24. The molecule has 1 amide bonds. The number of ether oxygens (including phenoxy) is 2. The SMILES string of the molecule is C=CCOc1c(Br)cc([C@@H]2CC(=O)Nc3ncnn32)cc1OC. The van der Waals surface area contributed by atoms with Crippen molar-refractivity contribution < 1.29 is 14.3 Å². The summed E-state index contributed by atoms with van der Waals surface area (Å²) in [6, 6.07) is 3.49. The molecule has 0 unspecified atom stereocenters. The summed E-state index contributed by atoms with van der Waals surface area (Å²) in [5, 5.41) is 6.89. The Morgan fingerprint density at radius 2 is 2.39 bits per heavy atom. The van der Waals surface area contributed by atoms with Gasteiger partial charge in [-0.3, -0.25) is 10.1 Å². The number of carbonyl (C=O) groups excluding carboxylic acids is 1. The molecule has 2 heterocycles. The van der Waals surface area contributed by atoms with Crippen molar-refractivity contribution in [2.45, 2.75) is 12.5 Å². The first kappa shape index (κ1) is 15.5. The number of amides is 1. The van der Waals surface area contributed by atoms with E-state index in [-0.39, 0.29) is 18.4 Å². The summed E-state index contributed by atoms with van der Waals surface area (Å²) in [6.07, 6.45) is 3.35. The number of methoxy groups -OCH3 is 1. The minimum atomic E-state index is -0.250. The molecule has 0 spiro atoms. The van der Waals surface area contributed by atoms with E-state index in [9.17, 15) is 4.79 Å². The van der Waals surface area contributed by atoms with Crippen LogP contribution in [0.1, 0.15) is 18.0 Å². The zero-order valence-electron chi connectivity index (χ0n) is 12.5. The number of anilines is 1. The van der Waals surface area contributed by atoms with Crippen LogP contribution in [0, 0.1) is 0 Å². The Labute approximate surface area is 141 Å². The van der Waals surface area contributed by atoms with Gasteiger partial charge in [-0.05, 0) is 33.6 Å². The maximum atomic E-state index is 11.9. The zero-order valence-corrected chi connectivity index (χ0v) is 14.0. The van der Waals surface area contributed by atoms with E-state index in [1.165, 1.54) is 6.33 Å². The first-order chi connectivity index (χ1) is 11.1. The highest BCUT2D eigenvalue weighted by Crippen LogP contribution is 2.40.